The molecule has 1 aromatic rings. The van der Waals surface area contributed by atoms with Gasteiger partial charge in [0.1, 0.15) is 0 Å². The van der Waals surface area contributed by atoms with Crippen molar-refractivity contribution in [3.05, 3.63) is 35.4 Å². The van der Waals surface area contributed by atoms with E-state index >= 15 is 0 Å². The van der Waals surface area contributed by atoms with Crippen molar-refractivity contribution in [2.75, 3.05) is 11.8 Å². The third kappa shape index (κ3) is 4.18. The summed E-state index contributed by atoms with van der Waals surface area (Å²) < 4.78 is 0. The van der Waals surface area contributed by atoms with Gasteiger partial charge >= 0.3 is 0 Å². The van der Waals surface area contributed by atoms with Crippen molar-refractivity contribution in [1.29, 1.82) is 0 Å². The maximum atomic E-state index is 12.0. The molecule has 100 valence electrons. The number of carbonyl (C=O) groups excluding carboxylic acids is 1. The van der Waals surface area contributed by atoms with Gasteiger partial charge < -0.3 is 5.32 Å². The van der Waals surface area contributed by atoms with Gasteiger partial charge in [0.2, 0.25) is 5.91 Å². The van der Waals surface area contributed by atoms with Crippen LogP contribution in [0.2, 0.25) is 0 Å². The van der Waals surface area contributed by atoms with Gasteiger partial charge in [0, 0.05) is 11.8 Å². The van der Waals surface area contributed by atoms with Crippen molar-refractivity contribution in [2.45, 2.75) is 32.2 Å². The lowest BCUT2D eigenvalue weighted by Crippen LogP contribution is -2.51. The highest BCUT2D eigenvalue weighted by atomic mass is 35.5. The van der Waals surface area contributed by atoms with Gasteiger partial charge in [-0.25, -0.2) is 0 Å². The van der Waals surface area contributed by atoms with Crippen LogP contribution in [0, 0.1) is 6.92 Å². The Bertz CT molecular complexity index is 394. The number of benzene rings is 1. The van der Waals surface area contributed by atoms with Crippen LogP contribution in [-0.2, 0) is 11.2 Å². The van der Waals surface area contributed by atoms with Crippen LogP contribution in [0.15, 0.2) is 24.3 Å². The minimum Gasteiger partial charge on any atom is -0.348 e. The second kappa shape index (κ2) is 7.01. The SMILES string of the molecule is CCC(CCl)(CCl)NC(=O)Cc1cccc(C)c1. The predicted molar refractivity (Wildman–Crippen MR) is 77.5 cm³/mol. The van der Waals surface area contributed by atoms with E-state index in [-0.39, 0.29) is 5.91 Å². The van der Waals surface area contributed by atoms with Gasteiger partial charge in [-0.3, -0.25) is 4.79 Å². The first-order valence-electron chi connectivity index (χ1n) is 6.03. The summed E-state index contributed by atoms with van der Waals surface area (Å²) in [6.45, 7) is 3.98. The normalized spacial score (nSPS) is 11.3. The number of halogens is 2. The van der Waals surface area contributed by atoms with Crippen molar-refractivity contribution in [1.82, 2.24) is 5.32 Å². The summed E-state index contributed by atoms with van der Waals surface area (Å²) in [4.78, 5) is 12.0. The lowest BCUT2D eigenvalue weighted by atomic mass is 10.0. The number of alkyl halides is 2. The van der Waals surface area contributed by atoms with Crippen molar-refractivity contribution < 1.29 is 4.79 Å². The van der Waals surface area contributed by atoms with Crippen LogP contribution in [0.5, 0.6) is 0 Å². The topological polar surface area (TPSA) is 29.1 Å². The molecule has 18 heavy (non-hydrogen) atoms. The number of carbonyl (C=O) groups is 1. The van der Waals surface area contributed by atoms with Gasteiger partial charge in [-0.1, -0.05) is 36.8 Å². The number of hydrogen-bond acceptors (Lipinski definition) is 1. The Morgan fingerprint density at radius 3 is 2.50 bits per heavy atom. The highest BCUT2D eigenvalue weighted by Gasteiger charge is 2.27. The molecule has 1 aromatic carbocycles. The number of rotatable bonds is 6. The number of amides is 1. The van der Waals surface area contributed by atoms with E-state index in [0.717, 1.165) is 17.5 Å². The summed E-state index contributed by atoms with van der Waals surface area (Å²) in [6, 6.07) is 7.92. The summed E-state index contributed by atoms with van der Waals surface area (Å²) >= 11 is 11.8. The van der Waals surface area contributed by atoms with Crippen molar-refractivity contribution in [3.8, 4) is 0 Å². The van der Waals surface area contributed by atoms with E-state index in [1.165, 1.54) is 0 Å². The molecule has 0 unspecified atom stereocenters. The molecule has 0 aliphatic heterocycles. The number of hydrogen-bond donors (Lipinski definition) is 1. The molecule has 2 nitrogen and oxygen atoms in total. The van der Waals surface area contributed by atoms with E-state index in [9.17, 15) is 4.79 Å². The first kappa shape index (κ1) is 15.3. The monoisotopic (exact) mass is 287 g/mol. The van der Waals surface area contributed by atoms with Crippen LogP contribution in [-0.4, -0.2) is 23.2 Å². The molecule has 0 radical (unpaired) electrons. The molecule has 0 heterocycles. The molecule has 0 aliphatic rings. The highest BCUT2D eigenvalue weighted by molar-refractivity contribution is 6.22. The molecular weight excluding hydrogens is 269 g/mol. The average molecular weight is 288 g/mol. The van der Waals surface area contributed by atoms with E-state index in [1.54, 1.807) is 0 Å². The van der Waals surface area contributed by atoms with Gasteiger partial charge in [-0.15, -0.1) is 23.2 Å². The number of nitrogens with one attached hydrogen (secondary N) is 1. The lowest BCUT2D eigenvalue weighted by molar-refractivity contribution is -0.122. The van der Waals surface area contributed by atoms with E-state index in [1.807, 2.05) is 38.1 Å². The van der Waals surface area contributed by atoms with E-state index in [2.05, 4.69) is 5.32 Å². The molecular formula is C14H19Cl2NO. The van der Waals surface area contributed by atoms with Crippen LogP contribution in [0.1, 0.15) is 24.5 Å². The largest absolute Gasteiger partial charge is 0.348 e. The van der Waals surface area contributed by atoms with Crippen LogP contribution < -0.4 is 5.32 Å². The Balaban J connectivity index is 2.66. The average Bonchev–Trinajstić information content (AvgIpc) is 2.36. The van der Waals surface area contributed by atoms with Gasteiger partial charge in [0.05, 0.1) is 12.0 Å². The third-order valence-corrected chi connectivity index (χ3v) is 4.06. The molecule has 1 rings (SSSR count). The molecule has 0 saturated heterocycles. The smallest absolute Gasteiger partial charge is 0.224 e. The molecule has 4 heteroatoms. The first-order chi connectivity index (χ1) is 8.55. The summed E-state index contributed by atoms with van der Waals surface area (Å²) in [5, 5.41) is 2.94. The zero-order valence-corrected chi connectivity index (χ0v) is 12.3. The maximum Gasteiger partial charge on any atom is 0.224 e. The van der Waals surface area contributed by atoms with E-state index in [0.29, 0.717) is 18.2 Å². The third-order valence-electron chi connectivity index (χ3n) is 3.04. The standard InChI is InChI=1S/C14H19Cl2NO/c1-3-14(9-15,10-16)17-13(18)8-12-6-4-5-11(2)7-12/h4-7H,3,8-10H2,1-2H3,(H,17,18). The lowest BCUT2D eigenvalue weighted by Gasteiger charge is -2.29. The molecule has 0 saturated carbocycles. The predicted octanol–water partition coefficient (Wildman–Crippen LogP) is 3.28. The zero-order valence-electron chi connectivity index (χ0n) is 10.8. The molecule has 0 bridgehead atoms. The molecule has 0 fully saturated rings. The Morgan fingerprint density at radius 1 is 1.33 bits per heavy atom. The van der Waals surface area contributed by atoms with Gasteiger partial charge in [0.25, 0.3) is 0 Å². The Kier molecular flexibility index (Phi) is 5.97. The Morgan fingerprint density at radius 2 is 2.00 bits per heavy atom. The van der Waals surface area contributed by atoms with Crippen LogP contribution >= 0.6 is 23.2 Å². The maximum absolute atomic E-state index is 12.0. The summed E-state index contributed by atoms with van der Waals surface area (Å²) in [7, 11) is 0. The minimum atomic E-state index is -0.496. The van der Waals surface area contributed by atoms with Crippen molar-refractivity contribution in [3.63, 3.8) is 0 Å². The van der Waals surface area contributed by atoms with E-state index < -0.39 is 5.54 Å². The fourth-order valence-corrected chi connectivity index (χ4v) is 2.52. The summed E-state index contributed by atoms with van der Waals surface area (Å²) in [5.41, 5.74) is 1.66. The minimum absolute atomic E-state index is 0.0382. The van der Waals surface area contributed by atoms with Gasteiger partial charge in [-0.2, -0.15) is 0 Å². The molecule has 1 N–H and O–H groups in total. The fraction of sp³-hybridized carbons (Fsp3) is 0.500. The molecule has 0 atom stereocenters. The summed E-state index contributed by atoms with van der Waals surface area (Å²) in [5.74, 6) is 0.614. The highest BCUT2D eigenvalue weighted by Crippen LogP contribution is 2.15. The second-order valence-corrected chi connectivity index (χ2v) is 5.15. The fourth-order valence-electron chi connectivity index (χ4n) is 1.73. The molecule has 0 aliphatic carbocycles. The number of aryl methyl sites for hydroxylation is 1. The first-order valence-corrected chi connectivity index (χ1v) is 7.10. The molecule has 0 spiro atoms. The second-order valence-electron chi connectivity index (χ2n) is 4.62. The van der Waals surface area contributed by atoms with Crippen molar-refractivity contribution >= 4 is 29.1 Å². The molecule has 0 aromatic heterocycles. The molecule has 1 amide bonds. The van der Waals surface area contributed by atoms with E-state index in [4.69, 9.17) is 23.2 Å². The van der Waals surface area contributed by atoms with Crippen LogP contribution in [0.3, 0.4) is 0 Å². The Labute approximate surface area is 119 Å². The quantitative estimate of drug-likeness (QED) is 0.800. The van der Waals surface area contributed by atoms with Crippen LogP contribution in [0.4, 0.5) is 0 Å². The Hall–Kier alpha value is -0.730. The van der Waals surface area contributed by atoms with Gasteiger partial charge in [0.15, 0.2) is 0 Å². The van der Waals surface area contributed by atoms with Crippen molar-refractivity contribution in [2.24, 2.45) is 0 Å². The van der Waals surface area contributed by atoms with Gasteiger partial charge in [-0.05, 0) is 18.9 Å². The zero-order chi connectivity index (χ0) is 13.6. The van der Waals surface area contributed by atoms with Crippen LogP contribution in [0.25, 0.3) is 0 Å². The summed E-state index contributed by atoms with van der Waals surface area (Å²) in [6.07, 6.45) is 1.08.